The summed E-state index contributed by atoms with van der Waals surface area (Å²) in [6.07, 6.45) is 5.91. The lowest BCUT2D eigenvalue weighted by atomic mass is 9.76. The minimum Gasteiger partial charge on any atom is -0.294 e. The third-order valence-corrected chi connectivity index (χ3v) is 4.69. The Labute approximate surface area is 117 Å². The van der Waals surface area contributed by atoms with Gasteiger partial charge in [0, 0.05) is 12.0 Å². The number of hydrogen-bond donors (Lipinski definition) is 0. The second kappa shape index (κ2) is 5.90. The van der Waals surface area contributed by atoms with Crippen LogP contribution in [0.1, 0.15) is 66.1 Å². The van der Waals surface area contributed by atoms with Crippen molar-refractivity contribution < 1.29 is 4.79 Å². The Balaban J connectivity index is 2.16. The van der Waals surface area contributed by atoms with Gasteiger partial charge in [0.05, 0.1) is 0 Å². The standard InChI is InChI=1S/C18H26O/c1-12-9-14(3)18(15(4)10-12)17(19)11-16-8-6-5-7-13(16)2/h9-10,13,16H,5-8,11H2,1-4H3. The van der Waals surface area contributed by atoms with Gasteiger partial charge in [0.1, 0.15) is 0 Å². The minimum atomic E-state index is 0.355. The van der Waals surface area contributed by atoms with Crippen LogP contribution < -0.4 is 0 Å². The molecule has 1 aromatic rings. The molecule has 2 atom stereocenters. The SMILES string of the molecule is Cc1cc(C)c(C(=O)CC2CCCCC2C)c(C)c1. The highest BCUT2D eigenvalue weighted by Crippen LogP contribution is 2.33. The Morgan fingerprint density at radius 3 is 2.26 bits per heavy atom. The molecule has 0 radical (unpaired) electrons. The van der Waals surface area contributed by atoms with E-state index in [0.29, 0.717) is 17.6 Å². The maximum atomic E-state index is 12.6. The minimum absolute atomic E-state index is 0.355. The van der Waals surface area contributed by atoms with Gasteiger partial charge in [0.2, 0.25) is 0 Å². The molecule has 0 heterocycles. The Morgan fingerprint density at radius 1 is 1.11 bits per heavy atom. The number of hydrogen-bond acceptors (Lipinski definition) is 1. The summed E-state index contributed by atoms with van der Waals surface area (Å²) in [5.41, 5.74) is 4.51. The fourth-order valence-electron chi connectivity index (χ4n) is 3.66. The summed E-state index contributed by atoms with van der Waals surface area (Å²) in [5.74, 6) is 1.67. The van der Waals surface area contributed by atoms with E-state index in [4.69, 9.17) is 0 Å². The van der Waals surface area contributed by atoms with Crippen molar-refractivity contribution in [3.8, 4) is 0 Å². The van der Waals surface area contributed by atoms with Gasteiger partial charge in [0.25, 0.3) is 0 Å². The van der Waals surface area contributed by atoms with Crippen molar-refractivity contribution in [2.45, 2.75) is 59.8 Å². The van der Waals surface area contributed by atoms with Crippen LogP contribution in [0.2, 0.25) is 0 Å². The van der Waals surface area contributed by atoms with Crippen molar-refractivity contribution in [3.05, 3.63) is 34.4 Å². The summed E-state index contributed by atoms with van der Waals surface area (Å²) in [7, 11) is 0. The smallest absolute Gasteiger partial charge is 0.163 e. The number of Topliss-reactive ketones (excluding diaryl/α,β-unsaturated/α-hetero) is 1. The van der Waals surface area contributed by atoms with Gasteiger partial charge in [-0.05, 0) is 50.2 Å². The highest BCUT2D eigenvalue weighted by atomic mass is 16.1. The van der Waals surface area contributed by atoms with E-state index in [1.54, 1.807) is 0 Å². The molecule has 1 saturated carbocycles. The number of benzene rings is 1. The molecule has 19 heavy (non-hydrogen) atoms. The third kappa shape index (κ3) is 3.26. The van der Waals surface area contributed by atoms with Gasteiger partial charge in [0.15, 0.2) is 5.78 Å². The van der Waals surface area contributed by atoms with Crippen molar-refractivity contribution >= 4 is 5.78 Å². The van der Waals surface area contributed by atoms with Crippen LogP contribution in [0.25, 0.3) is 0 Å². The zero-order valence-electron chi connectivity index (χ0n) is 12.8. The second-order valence-corrected chi connectivity index (χ2v) is 6.42. The van der Waals surface area contributed by atoms with E-state index in [-0.39, 0.29) is 0 Å². The van der Waals surface area contributed by atoms with E-state index in [1.807, 2.05) is 0 Å². The Morgan fingerprint density at radius 2 is 1.68 bits per heavy atom. The van der Waals surface area contributed by atoms with Crippen LogP contribution in [0.5, 0.6) is 0 Å². The third-order valence-electron chi connectivity index (χ3n) is 4.69. The van der Waals surface area contributed by atoms with Crippen LogP contribution in [-0.2, 0) is 0 Å². The van der Waals surface area contributed by atoms with Gasteiger partial charge >= 0.3 is 0 Å². The molecule has 0 saturated heterocycles. The van der Waals surface area contributed by atoms with E-state index in [2.05, 4.69) is 39.8 Å². The van der Waals surface area contributed by atoms with E-state index >= 15 is 0 Å². The van der Waals surface area contributed by atoms with Gasteiger partial charge in [-0.3, -0.25) is 4.79 Å². The molecule has 0 N–H and O–H groups in total. The van der Waals surface area contributed by atoms with Crippen molar-refractivity contribution in [3.63, 3.8) is 0 Å². The predicted octanol–water partition coefficient (Wildman–Crippen LogP) is 5.01. The lowest BCUT2D eigenvalue weighted by Gasteiger charge is -2.28. The molecule has 2 unspecified atom stereocenters. The van der Waals surface area contributed by atoms with Crippen molar-refractivity contribution in [1.29, 1.82) is 0 Å². The summed E-state index contributed by atoms with van der Waals surface area (Å²) in [6.45, 7) is 8.54. The number of carbonyl (C=O) groups excluding carboxylic acids is 1. The summed E-state index contributed by atoms with van der Waals surface area (Å²) >= 11 is 0. The molecule has 104 valence electrons. The highest BCUT2D eigenvalue weighted by Gasteiger charge is 2.25. The van der Waals surface area contributed by atoms with Crippen molar-refractivity contribution in [1.82, 2.24) is 0 Å². The number of carbonyl (C=O) groups is 1. The summed E-state index contributed by atoms with van der Waals surface area (Å²) in [5, 5.41) is 0. The first-order chi connectivity index (χ1) is 8.99. The molecule has 1 heteroatoms. The molecule has 0 aromatic heterocycles. The average Bonchev–Trinajstić information content (AvgIpc) is 2.30. The van der Waals surface area contributed by atoms with E-state index in [1.165, 1.54) is 31.2 Å². The molecule has 2 rings (SSSR count). The van der Waals surface area contributed by atoms with Gasteiger partial charge in [-0.1, -0.05) is 43.9 Å². The fraction of sp³-hybridized carbons (Fsp3) is 0.611. The zero-order valence-corrected chi connectivity index (χ0v) is 12.8. The Hall–Kier alpha value is -1.11. The van der Waals surface area contributed by atoms with Crippen molar-refractivity contribution in [2.24, 2.45) is 11.8 Å². The van der Waals surface area contributed by atoms with Gasteiger partial charge in [-0.15, -0.1) is 0 Å². The van der Waals surface area contributed by atoms with Gasteiger partial charge in [-0.25, -0.2) is 0 Å². The lowest BCUT2D eigenvalue weighted by molar-refractivity contribution is 0.0926. The summed E-state index contributed by atoms with van der Waals surface area (Å²) < 4.78 is 0. The molecule has 1 nitrogen and oxygen atoms in total. The van der Waals surface area contributed by atoms with Crippen LogP contribution in [-0.4, -0.2) is 5.78 Å². The molecule has 1 aromatic carbocycles. The number of rotatable bonds is 3. The van der Waals surface area contributed by atoms with Crippen molar-refractivity contribution in [2.75, 3.05) is 0 Å². The van der Waals surface area contributed by atoms with E-state index < -0.39 is 0 Å². The number of aryl methyl sites for hydroxylation is 3. The molecule has 0 bridgehead atoms. The molecular formula is C18H26O. The average molecular weight is 258 g/mol. The molecule has 1 fully saturated rings. The number of ketones is 1. The van der Waals surface area contributed by atoms with Gasteiger partial charge < -0.3 is 0 Å². The molecule has 0 amide bonds. The van der Waals surface area contributed by atoms with E-state index in [0.717, 1.165) is 23.1 Å². The maximum absolute atomic E-state index is 12.6. The molecule has 1 aliphatic carbocycles. The lowest BCUT2D eigenvalue weighted by Crippen LogP contribution is -2.21. The fourth-order valence-corrected chi connectivity index (χ4v) is 3.66. The molecule has 1 aliphatic rings. The van der Waals surface area contributed by atoms with Crippen LogP contribution in [0.3, 0.4) is 0 Å². The van der Waals surface area contributed by atoms with Crippen LogP contribution in [0.15, 0.2) is 12.1 Å². The highest BCUT2D eigenvalue weighted by molar-refractivity contribution is 5.99. The summed E-state index contributed by atoms with van der Waals surface area (Å²) in [6, 6.07) is 4.26. The molecular weight excluding hydrogens is 232 g/mol. The predicted molar refractivity (Wildman–Crippen MR) is 80.7 cm³/mol. The van der Waals surface area contributed by atoms with Crippen LogP contribution in [0.4, 0.5) is 0 Å². The first-order valence-electron chi connectivity index (χ1n) is 7.60. The molecule has 0 aliphatic heterocycles. The second-order valence-electron chi connectivity index (χ2n) is 6.42. The zero-order chi connectivity index (χ0) is 14.0. The Bertz CT molecular complexity index is 450. The topological polar surface area (TPSA) is 17.1 Å². The largest absolute Gasteiger partial charge is 0.294 e. The first kappa shape index (κ1) is 14.3. The normalized spacial score (nSPS) is 23.4. The first-order valence-corrected chi connectivity index (χ1v) is 7.60. The quantitative estimate of drug-likeness (QED) is 0.696. The monoisotopic (exact) mass is 258 g/mol. The summed E-state index contributed by atoms with van der Waals surface area (Å²) in [4.78, 5) is 12.6. The van der Waals surface area contributed by atoms with Crippen LogP contribution >= 0.6 is 0 Å². The Kier molecular flexibility index (Phi) is 4.44. The van der Waals surface area contributed by atoms with Crippen LogP contribution in [0, 0.1) is 32.6 Å². The van der Waals surface area contributed by atoms with Gasteiger partial charge in [-0.2, -0.15) is 0 Å². The molecule has 0 spiro atoms. The maximum Gasteiger partial charge on any atom is 0.163 e. The van der Waals surface area contributed by atoms with E-state index in [9.17, 15) is 4.79 Å².